The van der Waals surface area contributed by atoms with Gasteiger partial charge >= 0.3 is 5.97 Å². The predicted octanol–water partition coefficient (Wildman–Crippen LogP) is 11.5. The molecule has 2 heterocycles. The molecule has 0 bridgehead atoms. The van der Waals surface area contributed by atoms with Crippen molar-refractivity contribution < 1.29 is 19.5 Å². The molecule has 8 rings (SSSR count). The van der Waals surface area contributed by atoms with Crippen LogP contribution in [0.25, 0.3) is 60.1 Å². The minimum atomic E-state index is -0.994. The number of benzene rings is 6. The third kappa shape index (κ3) is 6.08. The monoisotopic (exact) mass is 698 g/mol. The molecule has 0 saturated carbocycles. The molecule has 0 saturated heterocycles. The Bertz CT molecular complexity index is 2640. The number of carbonyl (C=O) groups is 3. The van der Waals surface area contributed by atoms with Crippen molar-refractivity contribution in [1.29, 1.82) is 0 Å². The summed E-state index contributed by atoms with van der Waals surface area (Å²) in [7, 11) is 0. The van der Waals surface area contributed by atoms with E-state index in [2.05, 4.69) is 77.6 Å². The van der Waals surface area contributed by atoms with Gasteiger partial charge in [-0.2, -0.15) is 0 Å². The third-order valence-corrected chi connectivity index (χ3v) is 10.9. The first-order valence-electron chi connectivity index (χ1n) is 18.7. The van der Waals surface area contributed by atoms with Crippen molar-refractivity contribution in [3.05, 3.63) is 138 Å². The molecule has 6 aromatic carbocycles. The Hall–Kier alpha value is -6.01. The molecule has 6 nitrogen and oxygen atoms in total. The van der Waals surface area contributed by atoms with Crippen LogP contribution in [0.5, 0.6) is 0 Å². The molecule has 0 fully saturated rings. The van der Waals surface area contributed by atoms with E-state index in [0.717, 1.165) is 81.5 Å². The molecule has 0 aliphatic heterocycles. The summed E-state index contributed by atoms with van der Waals surface area (Å²) in [6.07, 6.45) is 4.19. The summed E-state index contributed by atoms with van der Waals surface area (Å²) in [4.78, 5) is 39.1. The molecular weight excluding hydrogens is 657 g/mol. The Morgan fingerprint density at radius 2 is 1.25 bits per heavy atom. The van der Waals surface area contributed by atoms with E-state index in [0.29, 0.717) is 22.6 Å². The molecule has 0 amide bonds. The number of fused-ring (bicyclic) bond motifs is 8. The number of carboxylic acids is 1. The summed E-state index contributed by atoms with van der Waals surface area (Å²) < 4.78 is 4.63. The highest BCUT2D eigenvalue weighted by atomic mass is 16.4. The van der Waals surface area contributed by atoms with Crippen LogP contribution in [0.15, 0.2) is 121 Å². The van der Waals surface area contributed by atoms with Crippen molar-refractivity contribution in [3.63, 3.8) is 0 Å². The highest BCUT2D eigenvalue weighted by molar-refractivity contribution is 6.26. The second-order valence-corrected chi connectivity index (χ2v) is 14.2. The van der Waals surface area contributed by atoms with Crippen LogP contribution in [-0.2, 0) is 11.3 Å². The number of unbranched alkanes of at least 4 members (excludes halogenated alkanes) is 1. The van der Waals surface area contributed by atoms with Crippen LogP contribution in [0.2, 0.25) is 0 Å². The largest absolute Gasteiger partial charge is 0.481 e. The van der Waals surface area contributed by atoms with E-state index >= 15 is 0 Å². The lowest BCUT2D eigenvalue weighted by Gasteiger charge is -2.18. The van der Waals surface area contributed by atoms with Gasteiger partial charge in [-0.15, -0.1) is 0 Å². The first-order valence-corrected chi connectivity index (χ1v) is 18.7. The summed E-state index contributed by atoms with van der Waals surface area (Å²) in [5.74, 6) is -0.795. The quantitative estimate of drug-likeness (QED) is 0.122. The van der Waals surface area contributed by atoms with Crippen molar-refractivity contribution in [2.75, 3.05) is 0 Å². The Morgan fingerprint density at radius 3 is 1.89 bits per heavy atom. The molecule has 1 N–H and O–H groups in total. The second-order valence-electron chi connectivity index (χ2n) is 14.2. The van der Waals surface area contributed by atoms with Crippen molar-refractivity contribution in [1.82, 2.24) is 9.13 Å². The van der Waals surface area contributed by atoms with E-state index in [9.17, 15) is 19.5 Å². The normalized spacial score (nSPS) is 12.3. The van der Waals surface area contributed by atoms with Crippen LogP contribution in [0.3, 0.4) is 0 Å². The fourth-order valence-electron chi connectivity index (χ4n) is 8.17. The zero-order valence-electron chi connectivity index (χ0n) is 30.1. The van der Waals surface area contributed by atoms with E-state index in [1.165, 1.54) is 10.8 Å². The average Bonchev–Trinajstić information content (AvgIpc) is 3.70. The van der Waals surface area contributed by atoms with Gasteiger partial charge in [0.15, 0.2) is 11.6 Å². The maximum atomic E-state index is 14.6. The first-order chi connectivity index (χ1) is 25.9. The van der Waals surface area contributed by atoms with Gasteiger partial charge in [0.25, 0.3) is 0 Å². The van der Waals surface area contributed by atoms with Crippen LogP contribution >= 0.6 is 0 Å². The number of aliphatic carboxylic acids is 1. The summed E-state index contributed by atoms with van der Waals surface area (Å²) >= 11 is 0. The Kier molecular flexibility index (Phi) is 9.13. The lowest BCUT2D eigenvalue weighted by molar-refractivity contribution is -0.136. The average molecular weight is 699 g/mol. The molecule has 8 aromatic rings. The topological polar surface area (TPSA) is 81.3 Å². The smallest absolute Gasteiger partial charge is 0.303 e. The van der Waals surface area contributed by atoms with E-state index < -0.39 is 5.97 Å². The molecule has 2 aromatic heterocycles. The molecule has 0 radical (unpaired) electrons. The van der Waals surface area contributed by atoms with Gasteiger partial charge in [-0.1, -0.05) is 93.8 Å². The van der Waals surface area contributed by atoms with Gasteiger partial charge in [0.2, 0.25) is 0 Å². The maximum absolute atomic E-state index is 14.6. The number of aromatic nitrogens is 2. The van der Waals surface area contributed by atoms with Crippen LogP contribution in [0, 0.1) is 5.92 Å². The van der Waals surface area contributed by atoms with Gasteiger partial charge in [0.05, 0.1) is 23.0 Å². The lowest BCUT2D eigenvalue weighted by atomic mass is 9.94. The van der Waals surface area contributed by atoms with Crippen molar-refractivity contribution in [3.8, 4) is 5.69 Å². The van der Waals surface area contributed by atoms with Crippen LogP contribution < -0.4 is 0 Å². The van der Waals surface area contributed by atoms with Gasteiger partial charge in [-0.3, -0.25) is 14.4 Å². The number of para-hydroxylation sites is 2. The minimum Gasteiger partial charge on any atom is -0.481 e. The molecule has 53 heavy (non-hydrogen) atoms. The summed E-state index contributed by atoms with van der Waals surface area (Å²) in [6.45, 7) is 5.29. The molecule has 0 aliphatic carbocycles. The number of rotatable bonds is 13. The molecule has 6 heteroatoms. The van der Waals surface area contributed by atoms with Gasteiger partial charge in [0.1, 0.15) is 0 Å². The van der Waals surface area contributed by atoms with Gasteiger partial charge in [0, 0.05) is 67.8 Å². The molecular formula is C47H42N2O4. The van der Waals surface area contributed by atoms with Gasteiger partial charge in [-0.25, -0.2) is 0 Å². The van der Waals surface area contributed by atoms with Crippen LogP contribution in [0.4, 0.5) is 0 Å². The zero-order chi connectivity index (χ0) is 36.6. The third-order valence-electron chi connectivity index (χ3n) is 10.9. The Balaban J connectivity index is 1.27. The summed E-state index contributed by atoms with van der Waals surface area (Å²) in [5, 5.41) is 15.3. The van der Waals surface area contributed by atoms with Crippen molar-refractivity contribution in [2.24, 2.45) is 5.92 Å². The number of ketones is 2. The highest BCUT2D eigenvalue weighted by Gasteiger charge is 2.23. The van der Waals surface area contributed by atoms with E-state index in [1.807, 2.05) is 66.7 Å². The van der Waals surface area contributed by atoms with Gasteiger partial charge < -0.3 is 14.2 Å². The molecule has 1 atom stereocenters. The number of nitrogens with zero attached hydrogens (tertiary/aromatic N) is 2. The van der Waals surface area contributed by atoms with Crippen LogP contribution in [-0.4, -0.2) is 31.8 Å². The number of carbonyl (C=O) groups excluding carboxylic acids is 2. The fraction of sp³-hybridized carbons (Fsp3) is 0.213. The second kappa shape index (κ2) is 14.2. The van der Waals surface area contributed by atoms with E-state index in [-0.39, 0.29) is 24.4 Å². The Morgan fingerprint density at radius 1 is 0.623 bits per heavy atom. The van der Waals surface area contributed by atoms with E-state index in [4.69, 9.17) is 0 Å². The number of carboxylic acid groups (broad SMARTS) is 1. The predicted molar refractivity (Wildman–Crippen MR) is 216 cm³/mol. The standard InChI is InChI=1S/C47H42N2O4/c1-3-5-12-30(4-2)29-48-41-24-21-32(44(50)25-26-45(51)52)27-38(41)39-28-40(34-13-6-7-16-37(34)46(39)48)47(53)31-19-22-33(23-20-31)49-42-17-10-8-14-35(42)36-15-9-11-18-43(36)49/h6-11,13-24,27-28,30H,3-5,12,25-26,29H2,1-2H3,(H,51,52). The van der Waals surface area contributed by atoms with Crippen molar-refractivity contribution in [2.45, 2.75) is 58.9 Å². The number of hydrogen-bond donors (Lipinski definition) is 1. The summed E-state index contributed by atoms with van der Waals surface area (Å²) in [5.41, 5.74) is 6.96. The maximum Gasteiger partial charge on any atom is 0.303 e. The molecule has 0 aliphatic rings. The first kappa shape index (κ1) is 34.1. The molecule has 1 unspecified atom stereocenters. The molecule has 264 valence electrons. The van der Waals surface area contributed by atoms with Gasteiger partial charge in [-0.05, 0) is 78.4 Å². The minimum absolute atomic E-state index is 0.0638. The summed E-state index contributed by atoms with van der Waals surface area (Å²) in [6, 6.07) is 40.5. The number of hydrogen-bond acceptors (Lipinski definition) is 3. The zero-order valence-corrected chi connectivity index (χ0v) is 30.1. The Labute approximate surface area is 308 Å². The molecule has 0 spiro atoms. The SMILES string of the molecule is CCCCC(CC)Cn1c2ccc(C(=O)CCC(=O)O)cc2c2cc(C(=O)c3ccc(-n4c5ccccc5c5ccccc54)cc3)c3ccccc3c21. The van der Waals surface area contributed by atoms with E-state index in [1.54, 1.807) is 0 Å². The fourth-order valence-corrected chi connectivity index (χ4v) is 8.17. The number of Topliss-reactive ketones (excluding diaryl/α,β-unsaturated/α-hetero) is 1. The highest BCUT2D eigenvalue weighted by Crippen LogP contribution is 2.39. The van der Waals surface area contributed by atoms with Crippen molar-refractivity contribution >= 4 is 71.9 Å². The van der Waals surface area contributed by atoms with Crippen LogP contribution in [0.1, 0.15) is 78.7 Å². The lowest BCUT2D eigenvalue weighted by Crippen LogP contribution is -2.10.